The highest BCUT2D eigenvalue weighted by Crippen LogP contribution is 2.26. The number of hydrogen-bond acceptors (Lipinski definition) is 3. The molecule has 0 aliphatic carbocycles. The van der Waals surface area contributed by atoms with Crippen LogP contribution in [0.4, 0.5) is 0 Å². The van der Waals surface area contributed by atoms with Gasteiger partial charge in [-0.3, -0.25) is 0 Å². The van der Waals surface area contributed by atoms with Crippen LogP contribution in [0.2, 0.25) is 0 Å². The van der Waals surface area contributed by atoms with Gasteiger partial charge in [0.25, 0.3) is 10.0 Å². The maximum atomic E-state index is 12.7. The van der Waals surface area contributed by atoms with E-state index >= 15 is 0 Å². The van der Waals surface area contributed by atoms with Gasteiger partial charge < -0.3 is 5.73 Å². The van der Waals surface area contributed by atoms with Gasteiger partial charge in [-0.15, -0.1) is 0 Å². The summed E-state index contributed by atoms with van der Waals surface area (Å²) in [5.41, 5.74) is 7.60. The molecule has 2 N–H and O–H groups in total. The highest BCUT2D eigenvalue weighted by atomic mass is 79.9. The predicted molar refractivity (Wildman–Crippen MR) is 83.1 cm³/mol. The minimum Gasteiger partial charge on any atom is -0.323 e. The van der Waals surface area contributed by atoms with Crippen molar-refractivity contribution < 1.29 is 8.42 Å². The molecule has 2 rings (SSSR count). The highest BCUT2D eigenvalue weighted by molar-refractivity contribution is 9.10. The van der Waals surface area contributed by atoms with Crippen LogP contribution in [0.15, 0.2) is 45.9 Å². The lowest BCUT2D eigenvalue weighted by atomic mass is 10.2. The summed E-state index contributed by atoms with van der Waals surface area (Å²) in [7, 11) is -3.61. The first kappa shape index (κ1) is 15.3. The van der Waals surface area contributed by atoms with E-state index in [1.54, 1.807) is 36.5 Å². The zero-order valence-electron chi connectivity index (χ0n) is 11.4. The van der Waals surface area contributed by atoms with Gasteiger partial charge in [-0.05, 0) is 47.5 Å². The third kappa shape index (κ3) is 2.82. The lowest BCUT2D eigenvalue weighted by molar-refractivity contribution is 0.578. The number of rotatable bonds is 4. The van der Waals surface area contributed by atoms with E-state index in [2.05, 4.69) is 15.9 Å². The zero-order chi connectivity index (χ0) is 14.9. The second-order valence-corrected chi connectivity index (χ2v) is 7.44. The molecule has 0 aliphatic rings. The summed E-state index contributed by atoms with van der Waals surface area (Å²) in [4.78, 5) is 0.260. The smallest absolute Gasteiger partial charge is 0.267 e. The molecule has 0 unspecified atom stereocenters. The maximum Gasteiger partial charge on any atom is 0.267 e. The lowest BCUT2D eigenvalue weighted by Gasteiger charge is -2.14. The number of aryl methyl sites for hydroxylation is 1. The van der Waals surface area contributed by atoms with Crippen molar-refractivity contribution in [2.24, 2.45) is 5.73 Å². The van der Waals surface area contributed by atoms with Gasteiger partial charge in [-0.1, -0.05) is 24.6 Å². The van der Waals surface area contributed by atoms with E-state index in [4.69, 9.17) is 5.73 Å². The van der Waals surface area contributed by atoms with Crippen LogP contribution in [0.3, 0.4) is 0 Å². The molecule has 108 valence electrons. The summed E-state index contributed by atoms with van der Waals surface area (Å²) in [6.07, 6.45) is 2.21. The first-order valence-electron chi connectivity index (χ1n) is 6.32. The molecule has 1 aromatic carbocycles. The summed E-state index contributed by atoms with van der Waals surface area (Å²) in [5, 5.41) is 0. The van der Waals surface area contributed by atoms with Gasteiger partial charge in [0.1, 0.15) is 0 Å². The van der Waals surface area contributed by atoms with Gasteiger partial charge in [0, 0.05) is 16.7 Å². The Balaban J connectivity index is 2.57. The van der Waals surface area contributed by atoms with Crippen molar-refractivity contribution in [3.05, 3.63) is 52.3 Å². The number of halogens is 1. The molecule has 0 fully saturated rings. The summed E-state index contributed by atoms with van der Waals surface area (Å²) in [6, 6.07) is 8.22. The summed E-state index contributed by atoms with van der Waals surface area (Å²) >= 11 is 3.32. The van der Waals surface area contributed by atoms with Gasteiger partial charge in [0.2, 0.25) is 0 Å². The van der Waals surface area contributed by atoms with Crippen molar-refractivity contribution in [2.45, 2.75) is 31.2 Å². The molecule has 1 aromatic heterocycles. The lowest BCUT2D eigenvalue weighted by Crippen LogP contribution is -2.20. The fourth-order valence-electron chi connectivity index (χ4n) is 1.94. The third-order valence-corrected chi connectivity index (χ3v) is 5.31. The van der Waals surface area contributed by atoms with E-state index < -0.39 is 10.0 Å². The van der Waals surface area contributed by atoms with Gasteiger partial charge in [0.05, 0.1) is 10.6 Å². The van der Waals surface area contributed by atoms with Crippen LogP contribution < -0.4 is 5.73 Å². The van der Waals surface area contributed by atoms with Crippen molar-refractivity contribution in [2.75, 3.05) is 0 Å². The van der Waals surface area contributed by atoms with E-state index in [1.165, 1.54) is 3.97 Å². The summed E-state index contributed by atoms with van der Waals surface area (Å²) < 4.78 is 27.3. The predicted octanol–water partition coefficient (Wildman–Crippen LogP) is 3.21. The number of nitrogens with two attached hydrogens (primary N) is 1. The van der Waals surface area contributed by atoms with Gasteiger partial charge in [-0.2, -0.15) is 0 Å². The van der Waals surface area contributed by atoms with Crippen molar-refractivity contribution in [3.8, 4) is 0 Å². The van der Waals surface area contributed by atoms with Crippen molar-refractivity contribution in [3.63, 3.8) is 0 Å². The number of benzene rings is 1. The van der Waals surface area contributed by atoms with Crippen molar-refractivity contribution in [1.29, 1.82) is 0 Å². The SMILES string of the molecule is CC[C@@H](N)c1cc(Br)cn1S(=O)(=O)c1ccc(C)cc1. The summed E-state index contributed by atoms with van der Waals surface area (Å²) in [5.74, 6) is 0. The highest BCUT2D eigenvalue weighted by Gasteiger charge is 2.22. The Hall–Kier alpha value is -1.11. The molecule has 20 heavy (non-hydrogen) atoms. The van der Waals surface area contributed by atoms with Crippen LogP contribution in [-0.2, 0) is 10.0 Å². The standard InChI is InChI=1S/C14H17BrN2O2S/c1-3-13(16)14-8-11(15)9-17(14)20(18,19)12-6-4-10(2)5-7-12/h4-9,13H,3,16H2,1-2H3/t13-/m1/s1. The molecular weight excluding hydrogens is 340 g/mol. The molecule has 0 saturated carbocycles. The fraction of sp³-hybridized carbons (Fsp3) is 0.286. The Morgan fingerprint density at radius 1 is 1.30 bits per heavy atom. The topological polar surface area (TPSA) is 65.1 Å². The molecule has 6 heteroatoms. The molecule has 0 saturated heterocycles. The molecule has 0 aliphatic heterocycles. The van der Waals surface area contributed by atoms with Crippen LogP contribution >= 0.6 is 15.9 Å². The number of aromatic nitrogens is 1. The molecule has 2 aromatic rings. The number of nitrogens with zero attached hydrogens (tertiary/aromatic N) is 1. The first-order chi connectivity index (χ1) is 9.36. The quantitative estimate of drug-likeness (QED) is 0.914. The van der Waals surface area contributed by atoms with Crippen LogP contribution in [0.5, 0.6) is 0 Å². The molecule has 0 amide bonds. The molecule has 1 heterocycles. The molecule has 4 nitrogen and oxygen atoms in total. The van der Waals surface area contributed by atoms with E-state index in [0.29, 0.717) is 16.6 Å². The Labute approximate surface area is 127 Å². The monoisotopic (exact) mass is 356 g/mol. The molecular formula is C14H17BrN2O2S. The largest absolute Gasteiger partial charge is 0.323 e. The van der Waals surface area contributed by atoms with Crippen LogP contribution in [0.1, 0.15) is 30.6 Å². The molecule has 0 bridgehead atoms. The average Bonchev–Trinajstić information content (AvgIpc) is 2.81. The fourth-order valence-corrected chi connectivity index (χ4v) is 3.94. The molecule has 1 atom stereocenters. The minimum atomic E-state index is -3.61. The molecule has 0 radical (unpaired) electrons. The van der Waals surface area contributed by atoms with Gasteiger partial charge in [0.15, 0.2) is 0 Å². The summed E-state index contributed by atoms with van der Waals surface area (Å²) in [6.45, 7) is 3.84. The third-order valence-electron chi connectivity index (χ3n) is 3.18. The van der Waals surface area contributed by atoms with Crippen LogP contribution in [0.25, 0.3) is 0 Å². The first-order valence-corrected chi connectivity index (χ1v) is 8.55. The average molecular weight is 357 g/mol. The van der Waals surface area contributed by atoms with Crippen molar-refractivity contribution >= 4 is 26.0 Å². The maximum absolute atomic E-state index is 12.7. The Morgan fingerprint density at radius 2 is 1.90 bits per heavy atom. The number of hydrogen-bond donors (Lipinski definition) is 1. The van der Waals surface area contributed by atoms with Crippen LogP contribution in [-0.4, -0.2) is 12.4 Å². The normalized spacial score (nSPS) is 13.4. The van der Waals surface area contributed by atoms with Gasteiger partial charge in [-0.25, -0.2) is 12.4 Å². The van der Waals surface area contributed by atoms with E-state index in [9.17, 15) is 8.42 Å². The Bertz CT molecular complexity index is 705. The van der Waals surface area contributed by atoms with Gasteiger partial charge >= 0.3 is 0 Å². The van der Waals surface area contributed by atoms with E-state index in [1.807, 2.05) is 13.8 Å². The second kappa shape index (κ2) is 5.71. The minimum absolute atomic E-state index is 0.260. The van der Waals surface area contributed by atoms with Crippen LogP contribution in [0, 0.1) is 6.92 Å². The second-order valence-electron chi connectivity index (χ2n) is 4.71. The van der Waals surface area contributed by atoms with Crippen molar-refractivity contribution in [1.82, 2.24) is 3.97 Å². The zero-order valence-corrected chi connectivity index (χ0v) is 13.8. The Morgan fingerprint density at radius 3 is 2.45 bits per heavy atom. The van der Waals surface area contributed by atoms with E-state index in [0.717, 1.165) is 5.56 Å². The van der Waals surface area contributed by atoms with E-state index in [-0.39, 0.29) is 10.9 Å². The Kier molecular flexibility index (Phi) is 4.36. The molecule has 0 spiro atoms.